The first kappa shape index (κ1) is 18.1. The van der Waals surface area contributed by atoms with Gasteiger partial charge in [0.1, 0.15) is 24.6 Å². The number of nitrogens with zero attached hydrogens (tertiary/aromatic N) is 6. The molecular weight excluding hydrogens is 334 g/mol. The summed E-state index contributed by atoms with van der Waals surface area (Å²) in [4.78, 5) is 26.5. The zero-order chi connectivity index (χ0) is 18.4. The van der Waals surface area contributed by atoms with Crippen LogP contribution >= 0.6 is 0 Å². The summed E-state index contributed by atoms with van der Waals surface area (Å²) in [6, 6.07) is 1.67. The number of aromatic nitrogens is 5. The van der Waals surface area contributed by atoms with Crippen LogP contribution in [0.2, 0.25) is 0 Å². The van der Waals surface area contributed by atoms with Crippen LogP contribution in [0.4, 0.5) is 16.6 Å². The fourth-order valence-electron chi connectivity index (χ4n) is 2.98. The second-order valence-electron chi connectivity index (χ2n) is 6.13. The quantitative estimate of drug-likeness (QED) is 0.687. The predicted molar refractivity (Wildman–Crippen MR) is 96.9 cm³/mol. The number of unbranched alkanes of at least 4 members (excludes halogenated alkanes) is 2. The SMILES string of the molecule is CCCCCC(Nc1nccc(N2CCOC2=O)n1)c1ncnn1CC. The Morgan fingerprint density at radius 1 is 1.31 bits per heavy atom. The van der Waals surface area contributed by atoms with E-state index in [0.29, 0.717) is 24.9 Å². The van der Waals surface area contributed by atoms with Gasteiger partial charge >= 0.3 is 6.09 Å². The maximum atomic E-state index is 11.8. The van der Waals surface area contributed by atoms with Gasteiger partial charge in [0.05, 0.1) is 12.6 Å². The van der Waals surface area contributed by atoms with Gasteiger partial charge in [0.15, 0.2) is 0 Å². The molecule has 1 saturated heterocycles. The van der Waals surface area contributed by atoms with Gasteiger partial charge < -0.3 is 10.1 Å². The molecule has 2 aromatic rings. The lowest BCUT2D eigenvalue weighted by Crippen LogP contribution is -2.25. The summed E-state index contributed by atoms with van der Waals surface area (Å²) in [7, 11) is 0. The number of rotatable bonds is 9. The lowest BCUT2D eigenvalue weighted by Gasteiger charge is -2.19. The molecule has 0 aliphatic carbocycles. The van der Waals surface area contributed by atoms with E-state index in [0.717, 1.165) is 38.1 Å². The summed E-state index contributed by atoms with van der Waals surface area (Å²) < 4.78 is 6.86. The first-order valence-corrected chi connectivity index (χ1v) is 9.14. The molecule has 1 fully saturated rings. The van der Waals surface area contributed by atoms with Crippen molar-refractivity contribution in [3.8, 4) is 0 Å². The molecule has 0 aromatic carbocycles. The summed E-state index contributed by atoms with van der Waals surface area (Å²) in [5, 5.41) is 7.64. The molecule has 0 radical (unpaired) electrons. The van der Waals surface area contributed by atoms with Gasteiger partial charge in [0.2, 0.25) is 5.95 Å². The highest BCUT2D eigenvalue weighted by molar-refractivity contribution is 5.88. The first-order chi connectivity index (χ1) is 12.7. The van der Waals surface area contributed by atoms with Gasteiger partial charge in [0, 0.05) is 12.7 Å². The fourth-order valence-corrected chi connectivity index (χ4v) is 2.98. The minimum Gasteiger partial charge on any atom is -0.447 e. The highest BCUT2D eigenvalue weighted by Gasteiger charge is 2.25. The van der Waals surface area contributed by atoms with Crippen molar-refractivity contribution in [2.75, 3.05) is 23.4 Å². The summed E-state index contributed by atoms with van der Waals surface area (Å²) in [6.45, 7) is 5.85. The van der Waals surface area contributed by atoms with E-state index in [1.54, 1.807) is 18.6 Å². The first-order valence-electron chi connectivity index (χ1n) is 9.14. The Labute approximate surface area is 152 Å². The fraction of sp³-hybridized carbons (Fsp3) is 0.588. The van der Waals surface area contributed by atoms with Gasteiger partial charge in [-0.3, -0.25) is 4.90 Å². The Bertz CT molecular complexity index is 733. The molecule has 0 saturated carbocycles. The molecule has 1 aliphatic heterocycles. The Hall–Kier alpha value is -2.71. The molecule has 1 atom stereocenters. The third-order valence-corrected chi connectivity index (χ3v) is 4.33. The van der Waals surface area contributed by atoms with Crippen LogP contribution in [0.5, 0.6) is 0 Å². The number of hydrogen-bond acceptors (Lipinski definition) is 7. The topological polar surface area (TPSA) is 98.1 Å². The van der Waals surface area contributed by atoms with Gasteiger partial charge in [0.25, 0.3) is 0 Å². The molecule has 0 bridgehead atoms. The number of cyclic esters (lactones) is 1. The van der Waals surface area contributed by atoms with E-state index in [-0.39, 0.29) is 12.1 Å². The highest BCUT2D eigenvalue weighted by atomic mass is 16.6. The maximum absolute atomic E-state index is 11.8. The number of carbonyl (C=O) groups is 1. The average molecular weight is 359 g/mol. The van der Waals surface area contributed by atoms with E-state index in [2.05, 4.69) is 32.3 Å². The van der Waals surface area contributed by atoms with Crippen LogP contribution in [-0.2, 0) is 11.3 Å². The van der Waals surface area contributed by atoms with E-state index in [4.69, 9.17) is 4.74 Å². The van der Waals surface area contributed by atoms with Crippen molar-refractivity contribution in [3.63, 3.8) is 0 Å². The van der Waals surface area contributed by atoms with Crippen molar-refractivity contribution in [3.05, 3.63) is 24.4 Å². The summed E-state index contributed by atoms with van der Waals surface area (Å²) in [6.07, 6.45) is 7.12. The Morgan fingerprint density at radius 2 is 2.19 bits per heavy atom. The molecule has 9 heteroatoms. The number of carbonyl (C=O) groups excluding carboxylic acids is 1. The summed E-state index contributed by atoms with van der Waals surface area (Å²) in [5.41, 5.74) is 0. The normalized spacial score (nSPS) is 15.2. The lowest BCUT2D eigenvalue weighted by molar-refractivity contribution is 0.181. The van der Waals surface area contributed by atoms with E-state index in [1.807, 2.05) is 11.6 Å². The number of anilines is 2. The van der Waals surface area contributed by atoms with E-state index in [9.17, 15) is 4.79 Å². The second kappa shape index (κ2) is 8.59. The monoisotopic (exact) mass is 359 g/mol. The minimum atomic E-state index is -0.375. The molecule has 3 heterocycles. The van der Waals surface area contributed by atoms with Gasteiger partial charge in [-0.25, -0.2) is 19.4 Å². The molecule has 2 aromatic heterocycles. The molecule has 1 N–H and O–H groups in total. The van der Waals surface area contributed by atoms with Crippen molar-refractivity contribution >= 4 is 17.9 Å². The third-order valence-electron chi connectivity index (χ3n) is 4.33. The molecule has 26 heavy (non-hydrogen) atoms. The van der Waals surface area contributed by atoms with E-state index < -0.39 is 0 Å². The van der Waals surface area contributed by atoms with Gasteiger partial charge in [-0.2, -0.15) is 10.1 Å². The van der Waals surface area contributed by atoms with Crippen LogP contribution in [-0.4, -0.2) is 44.0 Å². The second-order valence-corrected chi connectivity index (χ2v) is 6.13. The van der Waals surface area contributed by atoms with Gasteiger partial charge in [-0.05, 0) is 19.4 Å². The maximum Gasteiger partial charge on any atom is 0.415 e. The number of aryl methyl sites for hydroxylation is 1. The molecule has 0 spiro atoms. The predicted octanol–water partition coefficient (Wildman–Crippen LogP) is 2.78. The van der Waals surface area contributed by atoms with Crippen LogP contribution in [0.1, 0.15) is 51.4 Å². The Kier molecular flexibility index (Phi) is 5.98. The smallest absolute Gasteiger partial charge is 0.415 e. The van der Waals surface area contributed by atoms with E-state index in [1.165, 1.54) is 4.90 Å². The molecule has 140 valence electrons. The van der Waals surface area contributed by atoms with Gasteiger partial charge in [-0.1, -0.05) is 26.2 Å². The number of amides is 1. The average Bonchev–Trinajstić information content (AvgIpc) is 3.30. The number of ether oxygens (including phenoxy) is 1. The Balaban J connectivity index is 1.78. The van der Waals surface area contributed by atoms with Crippen LogP contribution in [0.15, 0.2) is 18.6 Å². The zero-order valence-electron chi connectivity index (χ0n) is 15.3. The molecule has 1 unspecified atom stereocenters. The summed E-state index contributed by atoms with van der Waals surface area (Å²) >= 11 is 0. The third kappa shape index (κ3) is 4.09. The van der Waals surface area contributed by atoms with Crippen LogP contribution in [0, 0.1) is 0 Å². The van der Waals surface area contributed by atoms with Crippen molar-refractivity contribution in [1.82, 2.24) is 24.7 Å². The van der Waals surface area contributed by atoms with Gasteiger partial charge in [-0.15, -0.1) is 0 Å². The number of hydrogen-bond donors (Lipinski definition) is 1. The van der Waals surface area contributed by atoms with Crippen LogP contribution in [0.25, 0.3) is 0 Å². The number of nitrogens with one attached hydrogen (secondary N) is 1. The standard InChI is InChI=1S/C17H25N7O2/c1-3-5-6-7-13(15-19-12-20-24(15)4-2)21-16-18-9-8-14(22-16)23-10-11-26-17(23)25/h8-9,12-13H,3-7,10-11H2,1-2H3,(H,18,21,22). The Morgan fingerprint density at radius 3 is 2.92 bits per heavy atom. The van der Waals surface area contributed by atoms with Crippen molar-refractivity contribution in [1.29, 1.82) is 0 Å². The molecule has 1 amide bonds. The minimum absolute atomic E-state index is 0.0372. The summed E-state index contributed by atoms with van der Waals surface area (Å²) in [5.74, 6) is 1.88. The lowest BCUT2D eigenvalue weighted by atomic mass is 10.1. The zero-order valence-corrected chi connectivity index (χ0v) is 15.3. The molecular formula is C17H25N7O2. The molecule has 9 nitrogen and oxygen atoms in total. The van der Waals surface area contributed by atoms with Crippen LogP contribution < -0.4 is 10.2 Å². The van der Waals surface area contributed by atoms with Crippen molar-refractivity contribution < 1.29 is 9.53 Å². The van der Waals surface area contributed by atoms with Crippen molar-refractivity contribution in [2.24, 2.45) is 0 Å². The molecule has 1 aliphatic rings. The van der Waals surface area contributed by atoms with E-state index >= 15 is 0 Å². The van der Waals surface area contributed by atoms with Crippen LogP contribution in [0.3, 0.4) is 0 Å². The van der Waals surface area contributed by atoms with Crippen molar-refractivity contribution in [2.45, 2.75) is 52.1 Å². The largest absolute Gasteiger partial charge is 0.447 e. The highest BCUT2D eigenvalue weighted by Crippen LogP contribution is 2.23. The molecule has 3 rings (SSSR count).